The highest BCUT2D eigenvalue weighted by molar-refractivity contribution is 7.81. The number of hydrogen-bond acceptors (Lipinski definition) is 2. The van der Waals surface area contributed by atoms with E-state index in [4.69, 9.17) is 12.6 Å². The zero-order valence-electron chi connectivity index (χ0n) is 13.5. The van der Waals surface area contributed by atoms with E-state index in [1.165, 1.54) is 44.9 Å². The van der Waals surface area contributed by atoms with Crippen molar-refractivity contribution in [2.45, 2.75) is 76.6 Å². The lowest BCUT2D eigenvalue weighted by atomic mass is 9.47. The Morgan fingerprint density at radius 1 is 1.14 bits per heavy atom. The van der Waals surface area contributed by atoms with Crippen LogP contribution in [0.3, 0.4) is 0 Å². The van der Waals surface area contributed by atoms with Gasteiger partial charge in [0.25, 0.3) is 0 Å². The third-order valence-electron chi connectivity index (χ3n) is 8.10. The van der Waals surface area contributed by atoms with Crippen LogP contribution in [0, 0.1) is 28.6 Å². The molecule has 118 valence electrons. The maximum absolute atomic E-state index is 10.8. The van der Waals surface area contributed by atoms with Crippen LogP contribution in [0.4, 0.5) is 0 Å². The van der Waals surface area contributed by atoms with Crippen LogP contribution in [-0.2, 0) is 0 Å². The van der Waals surface area contributed by atoms with E-state index in [9.17, 15) is 5.11 Å². The van der Waals surface area contributed by atoms with Gasteiger partial charge in [0.2, 0.25) is 0 Å². The third-order valence-corrected chi connectivity index (χ3v) is 8.95. The van der Waals surface area contributed by atoms with Gasteiger partial charge < -0.3 is 5.11 Å². The van der Waals surface area contributed by atoms with Crippen LogP contribution in [0.15, 0.2) is 11.6 Å². The fraction of sp³-hybridized carbons (Fsp3) is 0.895. The molecule has 3 saturated carbocycles. The standard InChI is InChI=1S/C19H30OS/c1-18-11-10-15-13(14(18)8-9-17(18)21)7-6-12-4-3-5-16(20)19(12,15)2/h6,13-17,20-21H,3-5,7-11H2,1-2H3/t13-,14-,15-,16?,17-,18-,19-/m0/s1. The Bertz CT molecular complexity index is 472. The molecule has 0 aromatic carbocycles. The molecule has 4 aliphatic rings. The van der Waals surface area contributed by atoms with Crippen molar-refractivity contribution in [3.63, 3.8) is 0 Å². The summed E-state index contributed by atoms with van der Waals surface area (Å²) in [6, 6.07) is 0. The minimum atomic E-state index is -0.108. The number of fused-ring (bicyclic) bond motifs is 5. The molecule has 2 heteroatoms. The highest BCUT2D eigenvalue weighted by Crippen LogP contribution is 2.65. The van der Waals surface area contributed by atoms with E-state index in [1.807, 2.05) is 0 Å². The quantitative estimate of drug-likeness (QED) is 0.495. The van der Waals surface area contributed by atoms with Crippen molar-refractivity contribution < 1.29 is 5.11 Å². The average Bonchev–Trinajstić information content (AvgIpc) is 2.76. The van der Waals surface area contributed by atoms with E-state index < -0.39 is 0 Å². The molecule has 1 unspecified atom stereocenters. The van der Waals surface area contributed by atoms with Crippen molar-refractivity contribution >= 4 is 12.6 Å². The third kappa shape index (κ3) is 1.81. The predicted molar refractivity (Wildman–Crippen MR) is 90.5 cm³/mol. The summed E-state index contributed by atoms with van der Waals surface area (Å²) < 4.78 is 0. The zero-order valence-corrected chi connectivity index (χ0v) is 14.4. The lowest BCUT2D eigenvalue weighted by molar-refractivity contribution is -0.0805. The van der Waals surface area contributed by atoms with Crippen LogP contribution in [0.1, 0.15) is 65.2 Å². The molecule has 0 bridgehead atoms. The largest absolute Gasteiger partial charge is 0.392 e. The van der Waals surface area contributed by atoms with E-state index >= 15 is 0 Å². The first kappa shape index (κ1) is 14.6. The van der Waals surface area contributed by atoms with E-state index in [-0.39, 0.29) is 11.5 Å². The molecular weight excluding hydrogens is 276 g/mol. The fourth-order valence-corrected chi connectivity index (χ4v) is 7.16. The minimum Gasteiger partial charge on any atom is -0.392 e. The number of allylic oxidation sites excluding steroid dienone is 1. The van der Waals surface area contributed by atoms with E-state index in [0.29, 0.717) is 16.6 Å². The molecule has 0 spiro atoms. The molecule has 0 aromatic heterocycles. The maximum Gasteiger partial charge on any atom is 0.0633 e. The number of aliphatic hydroxyl groups excluding tert-OH is 1. The first-order valence-corrected chi connectivity index (χ1v) is 9.55. The normalized spacial score (nSPS) is 56.2. The highest BCUT2D eigenvalue weighted by Gasteiger charge is 2.59. The van der Waals surface area contributed by atoms with Crippen LogP contribution in [-0.4, -0.2) is 16.5 Å². The molecule has 1 nitrogen and oxygen atoms in total. The molecular formula is C19H30OS. The molecule has 4 rings (SSSR count). The molecule has 0 aromatic rings. The van der Waals surface area contributed by atoms with Gasteiger partial charge in [-0.1, -0.05) is 25.5 Å². The van der Waals surface area contributed by atoms with E-state index in [2.05, 4.69) is 19.9 Å². The fourth-order valence-electron chi connectivity index (χ4n) is 6.69. The summed E-state index contributed by atoms with van der Waals surface area (Å²) in [7, 11) is 0. The van der Waals surface area contributed by atoms with Crippen LogP contribution < -0.4 is 0 Å². The summed E-state index contributed by atoms with van der Waals surface area (Å²) in [6.45, 7) is 4.88. The van der Waals surface area contributed by atoms with Gasteiger partial charge in [-0.2, -0.15) is 12.6 Å². The molecule has 0 radical (unpaired) electrons. The molecule has 1 N–H and O–H groups in total. The smallest absolute Gasteiger partial charge is 0.0633 e. The van der Waals surface area contributed by atoms with Crippen molar-refractivity contribution in [2.75, 3.05) is 0 Å². The monoisotopic (exact) mass is 306 g/mol. The number of hydrogen-bond donors (Lipinski definition) is 2. The van der Waals surface area contributed by atoms with Gasteiger partial charge in [0.1, 0.15) is 0 Å². The molecule has 0 heterocycles. The second-order valence-electron chi connectivity index (χ2n) is 8.67. The Kier molecular flexibility index (Phi) is 3.32. The van der Waals surface area contributed by atoms with Gasteiger partial charge >= 0.3 is 0 Å². The molecule has 3 fully saturated rings. The van der Waals surface area contributed by atoms with Gasteiger partial charge in [0, 0.05) is 10.7 Å². The Morgan fingerprint density at radius 2 is 1.95 bits per heavy atom. The Balaban J connectivity index is 1.72. The second kappa shape index (κ2) is 4.77. The minimum absolute atomic E-state index is 0.0805. The van der Waals surface area contributed by atoms with E-state index in [0.717, 1.165) is 18.3 Å². The summed E-state index contributed by atoms with van der Waals surface area (Å²) in [4.78, 5) is 0. The van der Waals surface area contributed by atoms with Crippen LogP contribution in [0.2, 0.25) is 0 Å². The van der Waals surface area contributed by atoms with Crippen LogP contribution in [0.5, 0.6) is 0 Å². The van der Waals surface area contributed by atoms with Crippen molar-refractivity contribution in [1.29, 1.82) is 0 Å². The SMILES string of the molecule is C[C@]12CC[C@H]3[C@@H](CC=C4CCCC(O)[C@@]43C)[C@@H]1CC[C@@H]2S. The number of rotatable bonds is 0. The van der Waals surface area contributed by atoms with Crippen LogP contribution in [0.25, 0.3) is 0 Å². The van der Waals surface area contributed by atoms with Gasteiger partial charge in [0.15, 0.2) is 0 Å². The first-order chi connectivity index (χ1) is 9.98. The molecule has 4 aliphatic carbocycles. The van der Waals surface area contributed by atoms with Gasteiger partial charge in [0.05, 0.1) is 6.10 Å². The van der Waals surface area contributed by atoms with Gasteiger partial charge in [-0.25, -0.2) is 0 Å². The number of thiol groups is 1. The van der Waals surface area contributed by atoms with Crippen molar-refractivity contribution in [3.8, 4) is 0 Å². The number of aliphatic hydroxyl groups is 1. The summed E-state index contributed by atoms with van der Waals surface area (Å²) >= 11 is 4.92. The first-order valence-electron chi connectivity index (χ1n) is 9.03. The van der Waals surface area contributed by atoms with Crippen molar-refractivity contribution in [3.05, 3.63) is 11.6 Å². The lowest BCUT2D eigenvalue weighted by Crippen LogP contribution is -2.54. The van der Waals surface area contributed by atoms with Crippen LogP contribution >= 0.6 is 12.6 Å². The van der Waals surface area contributed by atoms with Crippen molar-refractivity contribution in [1.82, 2.24) is 0 Å². The van der Waals surface area contributed by atoms with Gasteiger partial charge in [-0.15, -0.1) is 0 Å². The molecule has 0 aliphatic heterocycles. The predicted octanol–water partition coefficient (Wildman–Crippen LogP) is 4.61. The second-order valence-corrected chi connectivity index (χ2v) is 9.29. The van der Waals surface area contributed by atoms with Crippen molar-refractivity contribution in [2.24, 2.45) is 28.6 Å². The molecule has 7 atom stereocenters. The summed E-state index contributed by atoms with van der Waals surface area (Å²) in [6.07, 6.45) is 12.4. The molecule has 0 saturated heterocycles. The summed E-state index contributed by atoms with van der Waals surface area (Å²) in [5.74, 6) is 2.34. The molecule has 0 amide bonds. The maximum atomic E-state index is 10.8. The summed E-state index contributed by atoms with van der Waals surface area (Å²) in [5.41, 5.74) is 2.12. The van der Waals surface area contributed by atoms with E-state index in [1.54, 1.807) is 5.57 Å². The van der Waals surface area contributed by atoms with Gasteiger partial charge in [-0.05, 0) is 74.5 Å². The molecule has 21 heavy (non-hydrogen) atoms. The lowest BCUT2D eigenvalue weighted by Gasteiger charge is -2.58. The Morgan fingerprint density at radius 3 is 2.76 bits per heavy atom. The average molecular weight is 307 g/mol. The Hall–Kier alpha value is 0.0500. The zero-order chi connectivity index (χ0) is 14.8. The summed E-state index contributed by atoms with van der Waals surface area (Å²) in [5, 5.41) is 11.4. The Labute approximate surface area is 135 Å². The van der Waals surface area contributed by atoms with Gasteiger partial charge in [-0.3, -0.25) is 0 Å². The highest BCUT2D eigenvalue weighted by atomic mass is 32.1. The topological polar surface area (TPSA) is 20.2 Å².